The lowest BCUT2D eigenvalue weighted by Gasteiger charge is -2.22. The Balaban J connectivity index is 2.50. The Hall–Kier alpha value is -1.57. The van der Waals surface area contributed by atoms with Gasteiger partial charge in [-0.2, -0.15) is 18.3 Å². The molecule has 21 heavy (non-hydrogen) atoms. The number of nitrogens with zero attached hydrogens (tertiary/aromatic N) is 2. The number of rotatable bonds is 3. The molecule has 0 aliphatic carbocycles. The normalized spacial score (nSPS) is 17.0. The average Bonchev–Trinajstić information content (AvgIpc) is 2.78. The highest BCUT2D eigenvalue weighted by Gasteiger charge is 2.44. The quantitative estimate of drug-likeness (QED) is 0.869. The van der Waals surface area contributed by atoms with Crippen molar-refractivity contribution in [3.8, 4) is 0 Å². The zero-order valence-electron chi connectivity index (χ0n) is 12.0. The summed E-state index contributed by atoms with van der Waals surface area (Å²) in [6, 6.07) is 0. The minimum absolute atomic E-state index is 0.0178. The third-order valence-electron chi connectivity index (χ3n) is 3.55. The van der Waals surface area contributed by atoms with Gasteiger partial charge >= 0.3 is 12.1 Å². The molecular formula is C13H18F3N3O2. The molecule has 0 unspecified atom stereocenters. The molecule has 2 rings (SSSR count). The van der Waals surface area contributed by atoms with Crippen LogP contribution in [0.4, 0.5) is 13.2 Å². The number of aromatic nitrogens is 2. The monoisotopic (exact) mass is 305 g/mol. The van der Waals surface area contributed by atoms with Gasteiger partial charge < -0.3 is 10.1 Å². The van der Waals surface area contributed by atoms with Crippen molar-refractivity contribution in [2.45, 2.75) is 31.9 Å². The second-order valence-electron chi connectivity index (χ2n) is 4.97. The summed E-state index contributed by atoms with van der Waals surface area (Å²) in [5.41, 5.74) is -1.51. The van der Waals surface area contributed by atoms with E-state index in [1.165, 1.54) is 7.05 Å². The van der Waals surface area contributed by atoms with Crippen LogP contribution in [0.5, 0.6) is 0 Å². The van der Waals surface area contributed by atoms with Crippen molar-refractivity contribution in [1.29, 1.82) is 0 Å². The first-order chi connectivity index (χ1) is 9.86. The topological polar surface area (TPSA) is 56.1 Å². The molecule has 0 radical (unpaired) electrons. The third kappa shape index (κ3) is 3.20. The van der Waals surface area contributed by atoms with Gasteiger partial charge in [0.15, 0.2) is 5.69 Å². The van der Waals surface area contributed by atoms with Gasteiger partial charge in [0.25, 0.3) is 0 Å². The molecule has 1 fully saturated rings. The number of carbonyl (C=O) groups is 1. The first-order valence-electron chi connectivity index (χ1n) is 6.88. The molecule has 1 aliphatic rings. The number of hydrogen-bond acceptors (Lipinski definition) is 4. The lowest BCUT2D eigenvalue weighted by atomic mass is 9.91. The Bertz CT molecular complexity index is 519. The number of aryl methyl sites for hydroxylation is 1. The average molecular weight is 305 g/mol. The Morgan fingerprint density at radius 2 is 2.05 bits per heavy atom. The van der Waals surface area contributed by atoms with Crippen molar-refractivity contribution in [3.63, 3.8) is 0 Å². The minimum Gasteiger partial charge on any atom is -0.461 e. The van der Waals surface area contributed by atoms with Crippen LogP contribution >= 0.6 is 0 Å². The summed E-state index contributed by atoms with van der Waals surface area (Å²) in [4.78, 5) is 11.8. The van der Waals surface area contributed by atoms with E-state index in [2.05, 4.69) is 10.4 Å². The van der Waals surface area contributed by atoms with Gasteiger partial charge in [-0.05, 0) is 32.9 Å². The van der Waals surface area contributed by atoms with Crippen molar-refractivity contribution in [2.75, 3.05) is 19.7 Å². The number of hydrogen-bond donors (Lipinski definition) is 1. The van der Waals surface area contributed by atoms with Crippen LogP contribution in [0, 0.1) is 0 Å². The summed E-state index contributed by atoms with van der Waals surface area (Å²) >= 11 is 0. The van der Waals surface area contributed by atoms with Crippen LogP contribution in [0.2, 0.25) is 0 Å². The molecule has 1 aliphatic heterocycles. The summed E-state index contributed by atoms with van der Waals surface area (Å²) in [5.74, 6) is -1.28. The molecule has 0 aromatic carbocycles. The molecule has 0 bridgehead atoms. The van der Waals surface area contributed by atoms with Crippen molar-refractivity contribution in [3.05, 3.63) is 17.0 Å². The Kier molecular flexibility index (Phi) is 4.55. The van der Waals surface area contributed by atoms with Gasteiger partial charge in [-0.3, -0.25) is 4.68 Å². The van der Waals surface area contributed by atoms with Crippen LogP contribution in [0.25, 0.3) is 0 Å². The standard InChI is InChI=1S/C13H18F3N3O2/c1-3-21-12(20)11-9(13(14,15)16)10(18-19(11)2)8-4-6-17-7-5-8/h8,17H,3-7H2,1-2H3. The van der Waals surface area contributed by atoms with Crippen molar-refractivity contribution in [2.24, 2.45) is 7.05 Å². The van der Waals surface area contributed by atoms with E-state index in [4.69, 9.17) is 4.74 Å². The molecule has 0 amide bonds. The van der Waals surface area contributed by atoms with E-state index in [0.29, 0.717) is 25.9 Å². The number of carbonyl (C=O) groups excluding carboxylic acids is 1. The van der Waals surface area contributed by atoms with E-state index in [9.17, 15) is 18.0 Å². The number of halogens is 3. The highest BCUT2D eigenvalue weighted by molar-refractivity contribution is 5.89. The lowest BCUT2D eigenvalue weighted by molar-refractivity contribution is -0.139. The molecule has 8 heteroatoms. The molecule has 118 valence electrons. The predicted octanol–water partition coefficient (Wildman–Crippen LogP) is 2.08. The van der Waals surface area contributed by atoms with Crippen LogP contribution in [-0.4, -0.2) is 35.4 Å². The maximum Gasteiger partial charge on any atom is 0.420 e. The molecule has 1 aromatic heterocycles. The van der Waals surface area contributed by atoms with Gasteiger partial charge in [-0.1, -0.05) is 0 Å². The van der Waals surface area contributed by atoms with E-state index >= 15 is 0 Å². The van der Waals surface area contributed by atoms with E-state index in [-0.39, 0.29) is 18.2 Å². The SMILES string of the molecule is CCOC(=O)c1c(C(F)(F)F)c(C2CCNCC2)nn1C. The summed E-state index contributed by atoms with van der Waals surface area (Å²) < 4.78 is 45.9. The summed E-state index contributed by atoms with van der Waals surface area (Å²) in [6.45, 7) is 2.86. The third-order valence-corrected chi connectivity index (χ3v) is 3.55. The van der Waals surface area contributed by atoms with E-state index in [1.54, 1.807) is 6.92 Å². The van der Waals surface area contributed by atoms with Gasteiger partial charge in [-0.15, -0.1) is 0 Å². The highest BCUT2D eigenvalue weighted by atomic mass is 19.4. The molecule has 0 atom stereocenters. The van der Waals surface area contributed by atoms with E-state index < -0.39 is 23.4 Å². The number of nitrogens with one attached hydrogen (secondary N) is 1. The van der Waals surface area contributed by atoms with Gasteiger partial charge in [0.05, 0.1) is 12.3 Å². The summed E-state index contributed by atoms with van der Waals surface area (Å²) in [6.07, 6.45) is -3.48. The predicted molar refractivity (Wildman–Crippen MR) is 69.0 cm³/mol. The van der Waals surface area contributed by atoms with Crippen molar-refractivity contribution in [1.82, 2.24) is 15.1 Å². The second kappa shape index (κ2) is 6.05. The second-order valence-corrected chi connectivity index (χ2v) is 4.97. The maximum absolute atomic E-state index is 13.4. The van der Waals surface area contributed by atoms with E-state index in [0.717, 1.165) is 4.68 Å². The molecular weight excluding hydrogens is 287 g/mol. The van der Waals surface area contributed by atoms with E-state index in [1.807, 2.05) is 0 Å². The molecule has 1 saturated heterocycles. The zero-order chi connectivity index (χ0) is 15.6. The van der Waals surface area contributed by atoms with Crippen LogP contribution in [0.3, 0.4) is 0 Å². The van der Waals surface area contributed by atoms with Crippen LogP contribution in [0.1, 0.15) is 47.4 Å². The molecule has 0 saturated carbocycles. The Labute approximate surface area is 120 Å². The largest absolute Gasteiger partial charge is 0.461 e. The van der Waals surface area contributed by atoms with Crippen molar-refractivity contribution < 1.29 is 22.7 Å². The fourth-order valence-corrected chi connectivity index (χ4v) is 2.64. The molecule has 5 nitrogen and oxygen atoms in total. The Morgan fingerprint density at radius 1 is 1.43 bits per heavy atom. The van der Waals surface area contributed by atoms with Gasteiger partial charge in [-0.25, -0.2) is 4.79 Å². The number of esters is 1. The van der Waals surface area contributed by atoms with Crippen LogP contribution in [0.15, 0.2) is 0 Å². The van der Waals surface area contributed by atoms with Gasteiger partial charge in [0.2, 0.25) is 0 Å². The highest BCUT2D eigenvalue weighted by Crippen LogP contribution is 2.39. The molecule has 0 spiro atoms. The lowest BCUT2D eigenvalue weighted by Crippen LogP contribution is -2.28. The summed E-state index contributed by atoms with van der Waals surface area (Å²) in [7, 11) is 1.34. The van der Waals surface area contributed by atoms with Crippen LogP contribution < -0.4 is 5.32 Å². The molecule has 1 N–H and O–H groups in total. The minimum atomic E-state index is -4.63. The fraction of sp³-hybridized carbons (Fsp3) is 0.692. The van der Waals surface area contributed by atoms with Gasteiger partial charge in [0.1, 0.15) is 5.56 Å². The van der Waals surface area contributed by atoms with Crippen molar-refractivity contribution >= 4 is 5.97 Å². The zero-order valence-corrected chi connectivity index (χ0v) is 12.0. The molecule has 1 aromatic rings. The smallest absolute Gasteiger partial charge is 0.420 e. The number of piperidine rings is 1. The molecule has 2 heterocycles. The number of ether oxygens (including phenoxy) is 1. The maximum atomic E-state index is 13.4. The Morgan fingerprint density at radius 3 is 2.57 bits per heavy atom. The van der Waals surface area contributed by atoms with Gasteiger partial charge in [0, 0.05) is 13.0 Å². The number of alkyl halides is 3. The fourth-order valence-electron chi connectivity index (χ4n) is 2.64. The first-order valence-corrected chi connectivity index (χ1v) is 6.88. The summed E-state index contributed by atoms with van der Waals surface area (Å²) in [5, 5.41) is 7.07. The van der Waals surface area contributed by atoms with Crippen LogP contribution in [-0.2, 0) is 18.0 Å². The first kappa shape index (κ1) is 15.8.